The van der Waals surface area contributed by atoms with Gasteiger partial charge in [0.1, 0.15) is 5.01 Å². The molecule has 1 aromatic carbocycles. The topological polar surface area (TPSA) is 45.2 Å². The van der Waals surface area contributed by atoms with Crippen LogP contribution in [-0.4, -0.2) is 29.0 Å². The number of carbonyl (C=O) groups excluding carboxylic acids is 1. The Morgan fingerprint density at radius 1 is 1.23 bits per heavy atom. The molecule has 1 N–H and O–H groups in total. The summed E-state index contributed by atoms with van der Waals surface area (Å²) in [5, 5.41) is 3.87. The fourth-order valence-corrected chi connectivity index (χ4v) is 3.09. The zero-order valence-corrected chi connectivity index (χ0v) is 14.2. The van der Waals surface area contributed by atoms with Crippen LogP contribution >= 0.6 is 11.3 Å². The van der Waals surface area contributed by atoms with Gasteiger partial charge in [0.2, 0.25) is 0 Å². The van der Waals surface area contributed by atoms with Gasteiger partial charge in [-0.3, -0.25) is 0 Å². The van der Waals surface area contributed by atoms with Gasteiger partial charge in [-0.2, -0.15) is 0 Å². The minimum atomic E-state index is -0.0275. The number of nitrogens with one attached hydrogen (secondary N) is 1. The summed E-state index contributed by atoms with van der Waals surface area (Å²) in [6, 6.07) is 8.52. The molecule has 0 fully saturated rings. The lowest BCUT2D eigenvalue weighted by Crippen LogP contribution is -2.39. The van der Waals surface area contributed by atoms with Gasteiger partial charge in [-0.25, -0.2) is 9.78 Å². The minimum Gasteiger partial charge on any atom is -0.331 e. The SMILES string of the molecule is CCN(CC)C(=O)NCc1ncc(Cc2ccc(C)cc2)s1. The molecule has 22 heavy (non-hydrogen) atoms. The van der Waals surface area contributed by atoms with Crippen LogP contribution in [0.1, 0.15) is 34.9 Å². The number of rotatable bonds is 6. The van der Waals surface area contributed by atoms with E-state index in [1.807, 2.05) is 20.0 Å². The Morgan fingerprint density at radius 2 is 1.91 bits per heavy atom. The van der Waals surface area contributed by atoms with E-state index < -0.39 is 0 Å². The molecule has 0 radical (unpaired) electrons. The fraction of sp³-hybridized carbons (Fsp3) is 0.412. The number of nitrogens with zero attached hydrogens (tertiary/aromatic N) is 2. The van der Waals surface area contributed by atoms with Crippen molar-refractivity contribution in [2.24, 2.45) is 0 Å². The Bertz CT molecular complexity index is 603. The molecular formula is C17H23N3OS. The van der Waals surface area contributed by atoms with Crippen LogP contribution in [-0.2, 0) is 13.0 Å². The zero-order valence-electron chi connectivity index (χ0n) is 13.4. The molecule has 0 aliphatic rings. The van der Waals surface area contributed by atoms with Gasteiger partial charge in [0.25, 0.3) is 0 Å². The standard InChI is InChI=1S/C17H23N3OS/c1-4-20(5-2)17(21)19-12-16-18-11-15(22-16)10-14-8-6-13(3)7-9-14/h6-9,11H,4-5,10,12H2,1-3H3,(H,19,21). The second kappa shape index (κ2) is 7.94. The Kier molecular flexibility index (Phi) is 5.95. The number of carbonyl (C=O) groups is 1. The van der Waals surface area contributed by atoms with Crippen molar-refractivity contribution in [3.63, 3.8) is 0 Å². The first-order valence-corrected chi connectivity index (χ1v) is 8.46. The number of hydrogen-bond donors (Lipinski definition) is 1. The van der Waals surface area contributed by atoms with Crippen molar-refractivity contribution in [1.82, 2.24) is 15.2 Å². The Hall–Kier alpha value is -1.88. The molecule has 2 aromatic rings. The quantitative estimate of drug-likeness (QED) is 0.885. The van der Waals surface area contributed by atoms with Crippen molar-refractivity contribution >= 4 is 17.4 Å². The lowest BCUT2D eigenvalue weighted by atomic mass is 10.1. The van der Waals surface area contributed by atoms with Crippen LogP contribution in [0.5, 0.6) is 0 Å². The average Bonchev–Trinajstić information content (AvgIpc) is 2.96. The molecule has 1 aromatic heterocycles. The fourth-order valence-electron chi connectivity index (χ4n) is 2.19. The summed E-state index contributed by atoms with van der Waals surface area (Å²) in [6.07, 6.45) is 2.80. The van der Waals surface area contributed by atoms with E-state index in [1.54, 1.807) is 16.2 Å². The van der Waals surface area contributed by atoms with Gasteiger partial charge in [-0.05, 0) is 26.3 Å². The Labute approximate surface area is 136 Å². The number of hydrogen-bond acceptors (Lipinski definition) is 3. The van der Waals surface area contributed by atoms with Gasteiger partial charge in [0, 0.05) is 30.6 Å². The highest BCUT2D eigenvalue weighted by molar-refractivity contribution is 7.11. The molecule has 0 saturated carbocycles. The summed E-state index contributed by atoms with van der Waals surface area (Å²) in [6.45, 7) is 7.98. The smallest absolute Gasteiger partial charge is 0.317 e. The summed E-state index contributed by atoms with van der Waals surface area (Å²) in [4.78, 5) is 19.3. The van der Waals surface area contributed by atoms with Crippen LogP contribution in [0.2, 0.25) is 0 Å². The van der Waals surface area contributed by atoms with Crippen molar-refractivity contribution in [3.8, 4) is 0 Å². The highest BCUT2D eigenvalue weighted by atomic mass is 32.1. The number of amides is 2. The van der Waals surface area contributed by atoms with Gasteiger partial charge < -0.3 is 10.2 Å². The number of urea groups is 1. The molecular weight excluding hydrogens is 294 g/mol. The van der Waals surface area contributed by atoms with Crippen LogP contribution in [0, 0.1) is 6.92 Å². The lowest BCUT2D eigenvalue weighted by molar-refractivity contribution is 0.203. The summed E-state index contributed by atoms with van der Waals surface area (Å²) in [7, 11) is 0. The largest absolute Gasteiger partial charge is 0.331 e. The molecule has 5 heteroatoms. The average molecular weight is 317 g/mol. The van der Waals surface area contributed by atoms with E-state index in [1.165, 1.54) is 16.0 Å². The van der Waals surface area contributed by atoms with Gasteiger partial charge >= 0.3 is 6.03 Å². The van der Waals surface area contributed by atoms with Crippen LogP contribution in [0.4, 0.5) is 4.79 Å². The summed E-state index contributed by atoms with van der Waals surface area (Å²) in [5.41, 5.74) is 2.56. The third kappa shape index (κ3) is 4.56. The molecule has 1 heterocycles. The van der Waals surface area contributed by atoms with Crippen LogP contribution in [0.3, 0.4) is 0 Å². The molecule has 0 aliphatic carbocycles. The van der Waals surface area contributed by atoms with E-state index in [-0.39, 0.29) is 6.03 Å². The van der Waals surface area contributed by atoms with Gasteiger partial charge in [0.05, 0.1) is 6.54 Å². The first-order valence-electron chi connectivity index (χ1n) is 7.64. The first kappa shape index (κ1) is 16.5. The number of aromatic nitrogens is 1. The predicted molar refractivity (Wildman–Crippen MR) is 91.3 cm³/mol. The second-order valence-corrected chi connectivity index (χ2v) is 6.41. The monoisotopic (exact) mass is 317 g/mol. The normalized spacial score (nSPS) is 10.5. The molecule has 0 bridgehead atoms. The molecule has 2 rings (SSSR count). The van der Waals surface area contributed by atoms with E-state index in [0.717, 1.165) is 24.5 Å². The first-order chi connectivity index (χ1) is 10.6. The summed E-state index contributed by atoms with van der Waals surface area (Å²) < 4.78 is 0. The third-order valence-corrected chi connectivity index (χ3v) is 4.54. The highest BCUT2D eigenvalue weighted by Crippen LogP contribution is 2.17. The van der Waals surface area contributed by atoms with Crippen molar-refractivity contribution in [1.29, 1.82) is 0 Å². The van der Waals surface area contributed by atoms with Crippen molar-refractivity contribution in [2.45, 2.75) is 33.7 Å². The maximum absolute atomic E-state index is 11.9. The Balaban J connectivity index is 1.88. The highest BCUT2D eigenvalue weighted by Gasteiger charge is 2.10. The third-order valence-electron chi connectivity index (χ3n) is 3.54. The van der Waals surface area contributed by atoms with Gasteiger partial charge in [0.15, 0.2) is 0 Å². The van der Waals surface area contributed by atoms with E-state index >= 15 is 0 Å². The maximum Gasteiger partial charge on any atom is 0.317 e. The molecule has 0 atom stereocenters. The molecule has 0 unspecified atom stereocenters. The summed E-state index contributed by atoms with van der Waals surface area (Å²) in [5.74, 6) is 0. The van der Waals surface area contributed by atoms with Crippen molar-refractivity contribution in [3.05, 3.63) is 51.5 Å². The van der Waals surface area contributed by atoms with Gasteiger partial charge in [-0.1, -0.05) is 29.8 Å². The molecule has 118 valence electrons. The van der Waals surface area contributed by atoms with Crippen LogP contribution in [0.25, 0.3) is 0 Å². The number of benzene rings is 1. The van der Waals surface area contributed by atoms with E-state index in [9.17, 15) is 4.79 Å². The van der Waals surface area contributed by atoms with Crippen LogP contribution < -0.4 is 5.32 Å². The van der Waals surface area contributed by atoms with Crippen LogP contribution in [0.15, 0.2) is 30.5 Å². The number of thiazole rings is 1. The predicted octanol–water partition coefficient (Wildman–Crippen LogP) is 3.59. The second-order valence-electron chi connectivity index (χ2n) is 5.21. The van der Waals surface area contributed by atoms with Crippen molar-refractivity contribution < 1.29 is 4.79 Å². The summed E-state index contributed by atoms with van der Waals surface area (Å²) >= 11 is 1.66. The van der Waals surface area contributed by atoms with Gasteiger partial charge in [-0.15, -0.1) is 11.3 Å². The molecule has 0 spiro atoms. The van der Waals surface area contributed by atoms with Crippen molar-refractivity contribution in [2.75, 3.05) is 13.1 Å². The van der Waals surface area contributed by atoms with E-state index in [0.29, 0.717) is 6.54 Å². The molecule has 0 aliphatic heterocycles. The van der Waals surface area contributed by atoms with E-state index in [4.69, 9.17) is 0 Å². The molecule has 4 nitrogen and oxygen atoms in total. The maximum atomic E-state index is 11.9. The molecule has 0 saturated heterocycles. The Morgan fingerprint density at radius 3 is 2.55 bits per heavy atom. The lowest BCUT2D eigenvalue weighted by Gasteiger charge is -2.18. The zero-order chi connectivity index (χ0) is 15.9. The minimum absolute atomic E-state index is 0.0275. The number of aryl methyl sites for hydroxylation is 1. The molecule has 2 amide bonds. The van der Waals surface area contributed by atoms with E-state index in [2.05, 4.69) is 41.5 Å².